The lowest BCUT2D eigenvalue weighted by molar-refractivity contribution is 0.498. The molecule has 0 aliphatic heterocycles. The number of sulfonamides is 1. The van der Waals surface area contributed by atoms with Crippen molar-refractivity contribution >= 4 is 15.7 Å². The molecule has 4 nitrogen and oxygen atoms in total. The Morgan fingerprint density at radius 2 is 1.82 bits per heavy atom. The molecule has 1 fully saturated rings. The third-order valence-corrected chi connectivity index (χ3v) is 5.33. The minimum absolute atomic E-state index is 0.00812. The zero-order valence-electron chi connectivity index (χ0n) is 13.9. The van der Waals surface area contributed by atoms with Crippen molar-refractivity contribution in [3.8, 4) is 0 Å². The lowest BCUT2D eigenvalue weighted by Crippen LogP contribution is -2.22. The molecule has 1 aromatic rings. The topological polar surface area (TPSA) is 58.5 Å². The molecule has 0 saturated heterocycles. The fourth-order valence-corrected chi connectivity index (χ4v) is 3.52. The van der Waals surface area contributed by atoms with Gasteiger partial charge in [-0.3, -0.25) is 0 Å². The maximum absolute atomic E-state index is 12.3. The van der Waals surface area contributed by atoms with Gasteiger partial charge in [-0.05, 0) is 54.7 Å². The fraction of sp³-hybridized carbons (Fsp3) is 0.588. The highest BCUT2D eigenvalue weighted by Crippen LogP contribution is 2.24. The monoisotopic (exact) mass is 322 g/mol. The molecule has 0 heterocycles. The van der Waals surface area contributed by atoms with E-state index in [1.165, 1.54) is 6.42 Å². The van der Waals surface area contributed by atoms with E-state index >= 15 is 0 Å². The Hall–Kier alpha value is -1.36. The van der Waals surface area contributed by atoms with Gasteiger partial charge in [-0.15, -0.1) is 0 Å². The summed E-state index contributed by atoms with van der Waals surface area (Å²) in [5, 5.41) is 4.13. The van der Waals surface area contributed by atoms with Gasteiger partial charge >= 0.3 is 0 Å². The Labute approximate surface area is 134 Å². The molecule has 0 unspecified atom stereocenters. The van der Waals surface area contributed by atoms with E-state index in [-0.39, 0.29) is 10.3 Å². The molecule has 0 bridgehead atoms. The highest BCUT2D eigenvalue weighted by Gasteiger charge is 2.18. The van der Waals surface area contributed by atoms with E-state index in [1.54, 1.807) is 12.1 Å². The minimum atomic E-state index is -3.58. The number of nitrogens with zero attached hydrogens (tertiary/aromatic N) is 1. The molecule has 1 N–H and O–H groups in total. The van der Waals surface area contributed by atoms with Gasteiger partial charge in [0.2, 0.25) is 0 Å². The van der Waals surface area contributed by atoms with Crippen LogP contribution in [-0.2, 0) is 15.4 Å². The van der Waals surface area contributed by atoms with Gasteiger partial charge in [-0.2, -0.15) is 13.5 Å². The van der Waals surface area contributed by atoms with Crippen LogP contribution in [0.15, 0.2) is 34.3 Å². The standard InChI is InChI=1S/C17H26N2O2S/c1-13-6-5-7-15(12-13)18-19-22(20,21)16-10-8-14(9-11-16)17(2,3)4/h8-11,13,19H,5-7,12H2,1-4H3/b18-15-/t13-/m0/s1. The molecule has 1 aliphatic carbocycles. The SMILES string of the molecule is C[C@H]1CCC/C(=N/NS(=O)(=O)c2ccc(C(C)(C)C)cc2)C1. The summed E-state index contributed by atoms with van der Waals surface area (Å²) in [6, 6.07) is 7.02. The largest absolute Gasteiger partial charge is 0.276 e. The zero-order valence-corrected chi connectivity index (χ0v) is 14.7. The summed E-state index contributed by atoms with van der Waals surface area (Å²) in [4.78, 5) is 2.64. The molecular weight excluding hydrogens is 296 g/mol. The van der Waals surface area contributed by atoms with E-state index in [2.05, 4.69) is 37.6 Å². The first-order valence-electron chi connectivity index (χ1n) is 7.86. The van der Waals surface area contributed by atoms with Crippen LogP contribution in [0.2, 0.25) is 0 Å². The maximum Gasteiger partial charge on any atom is 0.276 e. The van der Waals surface area contributed by atoms with Crippen LogP contribution in [0.3, 0.4) is 0 Å². The minimum Gasteiger partial charge on any atom is -0.200 e. The second-order valence-corrected chi connectivity index (χ2v) is 8.91. The summed E-state index contributed by atoms with van der Waals surface area (Å²) >= 11 is 0. The normalized spacial score (nSPS) is 21.8. The predicted octanol–water partition coefficient (Wildman–Crippen LogP) is 3.83. The van der Waals surface area contributed by atoms with Crippen molar-refractivity contribution in [3.63, 3.8) is 0 Å². The third kappa shape index (κ3) is 4.32. The number of hydrogen-bond acceptors (Lipinski definition) is 3. The molecule has 0 radical (unpaired) electrons. The molecule has 0 spiro atoms. The van der Waals surface area contributed by atoms with E-state index in [9.17, 15) is 8.42 Å². The number of rotatable bonds is 3. The van der Waals surface area contributed by atoms with Crippen LogP contribution in [0.1, 0.15) is 58.9 Å². The molecular formula is C17H26N2O2S. The lowest BCUT2D eigenvalue weighted by Gasteiger charge is -2.20. The molecule has 1 aliphatic rings. The molecule has 1 saturated carbocycles. The van der Waals surface area contributed by atoms with Crippen LogP contribution < -0.4 is 4.83 Å². The van der Waals surface area contributed by atoms with Crippen molar-refractivity contribution in [1.82, 2.24) is 4.83 Å². The van der Waals surface area contributed by atoms with Gasteiger partial charge in [0, 0.05) is 5.71 Å². The summed E-state index contributed by atoms with van der Waals surface area (Å²) in [5.41, 5.74) is 2.07. The predicted molar refractivity (Wildman–Crippen MR) is 90.5 cm³/mol. The first-order valence-corrected chi connectivity index (χ1v) is 9.34. The molecule has 0 amide bonds. The molecule has 1 atom stereocenters. The van der Waals surface area contributed by atoms with Crippen LogP contribution in [0.4, 0.5) is 0 Å². The van der Waals surface area contributed by atoms with Crippen LogP contribution in [0.5, 0.6) is 0 Å². The highest BCUT2D eigenvalue weighted by atomic mass is 32.2. The quantitative estimate of drug-likeness (QED) is 0.860. The van der Waals surface area contributed by atoms with Crippen molar-refractivity contribution in [3.05, 3.63) is 29.8 Å². The first-order chi connectivity index (χ1) is 10.2. The van der Waals surface area contributed by atoms with Crippen LogP contribution in [-0.4, -0.2) is 14.1 Å². The average molecular weight is 322 g/mol. The lowest BCUT2D eigenvalue weighted by atomic mass is 9.87. The molecule has 22 heavy (non-hydrogen) atoms. The Kier molecular flexibility index (Phi) is 4.95. The summed E-state index contributed by atoms with van der Waals surface area (Å²) in [7, 11) is -3.58. The van der Waals surface area contributed by atoms with Crippen LogP contribution in [0.25, 0.3) is 0 Å². The number of benzene rings is 1. The van der Waals surface area contributed by atoms with Gasteiger partial charge in [-0.25, -0.2) is 4.83 Å². The van der Waals surface area contributed by atoms with Gasteiger partial charge in [0.1, 0.15) is 0 Å². The molecule has 0 aromatic heterocycles. The number of hydrogen-bond donors (Lipinski definition) is 1. The summed E-state index contributed by atoms with van der Waals surface area (Å²) in [6.07, 6.45) is 4.04. The Morgan fingerprint density at radius 1 is 1.18 bits per heavy atom. The highest BCUT2D eigenvalue weighted by molar-refractivity contribution is 7.89. The van der Waals surface area contributed by atoms with Crippen molar-refractivity contribution in [2.75, 3.05) is 0 Å². The van der Waals surface area contributed by atoms with Crippen LogP contribution >= 0.6 is 0 Å². The van der Waals surface area contributed by atoms with E-state index in [4.69, 9.17) is 0 Å². The molecule has 1 aromatic carbocycles. The van der Waals surface area contributed by atoms with Crippen molar-refractivity contribution in [2.24, 2.45) is 11.0 Å². The van der Waals surface area contributed by atoms with Crippen LogP contribution in [0, 0.1) is 5.92 Å². The molecule has 2 rings (SSSR count). The molecule has 5 heteroatoms. The van der Waals surface area contributed by atoms with Crippen molar-refractivity contribution in [1.29, 1.82) is 0 Å². The summed E-state index contributed by atoms with van der Waals surface area (Å²) in [5.74, 6) is 0.586. The van der Waals surface area contributed by atoms with E-state index in [0.717, 1.165) is 30.5 Å². The van der Waals surface area contributed by atoms with E-state index in [0.29, 0.717) is 5.92 Å². The summed E-state index contributed by atoms with van der Waals surface area (Å²) < 4.78 is 24.6. The van der Waals surface area contributed by atoms with Gasteiger partial charge < -0.3 is 0 Å². The fourth-order valence-electron chi connectivity index (χ4n) is 2.67. The second kappa shape index (κ2) is 6.41. The summed E-state index contributed by atoms with van der Waals surface area (Å²) in [6.45, 7) is 8.48. The van der Waals surface area contributed by atoms with Crippen molar-refractivity contribution in [2.45, 2.75) is 63.7 Å². The molecule has 122 valence electrons. The number of hydrazone groups is 1. The second-order valence-electron chi connectivity index (χ2n) is 7.25. The Bertz CT molecular complexity index is 640. The van der Waals surface area contributed by atoms with E-state index < -0.39 is 10.0 Å². The van der Waals surface area contributed by atoms with Crippen molar-refractivity contribution < 1.29 is 8.42 Å². The maximum atomic E-state index is 12.3. The van der Waals surface area contributed by atoms with Gasteiger partial charge in [0.15, 0.2) is 0 Å². The van der Waals surface area contributed by atoms with E-state index in [1.807, 2.05) is 12.1 Å². The first kappa shape index (κ1) is 17.0. The van der Waals surface area contributed by atoms with Gasteiger partial charge in [0.05, 0.1) is 4.90 Å². The smallest absolute Gasteiger partial charge is 0.200 e. The Morgan fingerprint density at radius 3 is 2.36 bits per heavy atom. The zero-order chi connectivity index (χ0) is 16.4. The van der Waals surface area contributed by atoms with Gasteiger partial charge in [-0.1, -0.05) is 39.8 Å². The number of nitrogens with one attached hydrogen (secondary N) is 1. The Balaban J connectivity index is 2.12. The average Bonchev–Trinajstić information content (AvgIpc) is 2.45. The van der Waals surface area contributed by atoms with Gasteiger partial charge in [0.25, 0.3) is 10.0 Å². The third-order valence-electron chi connectivity index (χ3n) is 4.10.